The summed E-state index contributed by atoms with van der Waals surface area (Å²) in [6.07, 6.45) is -3.45. The molecule has 0 rings (SSSR count). The standard InChI is InChI=1S/C18H28N6O11/c19-7(1-4-13(27)28)15(31)23-9(6-14(29)30)17(33)22-8(2-3-11(20)25)16(32)24-10(18(34)35)5-12(21)26/h7-10H,1-6,19H2,(H2,20,25)(H2,21,26)(H,22,33)(H,23,31)(H,24,32)(H,27,28)(H,29,30)(H,34,35). The number of carbonyl (C=O) groups excluding carboxylic acids is 5. The number of amides is 5. The van der Waals surface area contributed by atoms with Gasteiger partial charge in [0.2, 0.25) is 29.5 Å². The number of primary amides is 2. The van der Waals surface area contributed by atoms with Gasteiger partial charge in [0.05, 0.1) is 18.9 Å². The molecule has 5 amide bonds. The predicted octanol–water partition coefficient (Wildman–Crippen LogP) is -4.67. The fraction of sp³-hybridized carbons (Fsp3) is 0.556. The summed E-state index contributed by atoms with van der Waals surface area (Å²) in [5.41, 5.74) is 15.5. The summed E-state index contributed by atoms with van der Waals surface area (Å²) in [7, 11) is 0. The summed E-state index contributed by atoms with van der Waals surface area (Å²) in [6.45, 7) is 0. The van der Waals surface area contributed by atoms with E-state index in [1.54, 1.807) is 0 Å². The molecule has 0 aromatic heterocycles. The molecule has 0 aliphatic heterocycles. The Balaban J connectivity index is 5.59. The summed E-state index contributed by atoms with van der Waals surface area (Å²) in [6, 6.07) is -6.57. The van der Waals surface area contributed by atoms with Crippen LogP contribution in [0.3, 0.4) is 0 Å². The van der Waals surface area contributed by atoms with Gasteiger partial charge in [-0.25, -0.2) is 4.79 Å². The second-order valence-electron chi connectivity index (χ2n) is 7.33. The van der Waals surface area contributed by atoms with Crippen LogP contribution in [-0.4, -0.2) is 86.9 Å². The van der Waals surface area contributed by atoms with Crippen LogP contribution in [0.2, 0.25) is 0 Å². The minimum Gasteiger partial charge on any atom is -0.481 e. The van der Waals surface area contributed by atoms with E-state index in [0.717, 1.165) is 0 Å². The predicted molar refractivity (Wildman–Crippen MR) is 113 cm³/mol. The number of aliphatic carboxylic acids is 3. The number of rotatable bonds is 17. The average Bonchev–Trinajstić information content (AvgIpc) is 2.72. The van der Waals surface area contributed by atoms with Gasteiger partial charge in [-0.05, 0) is 12.8 Å². The Labute approximate surface area is 197 Å². The number of hydrogen-bond donors (Lipinski definition) is 9. The Hall–Kier alpha value is -4.28. The monoisotopic (exact) mass is 504 g/mol. The smallest absolute Gasteiger partial charge is 0.326 e. The lowest BCUT2D eigenvalue weighted by atomic mass is 10.1. The van der Waals surface area contributed by atoms with Gasteiger partial charge in [-0.15, -0.1) is 0 Å². The highest BCUT2D eigenvalue weighted by Crippen LogP contribution is 2.04. The second kappa shape index (κ2) is 14.8. The van der Waals surface area contributed by atoms with E-state index in [2.05, 4.69) is 5.32 Å². The molecule has 0 aromatic rings. The van der Waals surface area contributed by atoms with E-state index in [-0.39, 0.29) is 6.42 Å². The third-order valence-corrected chi connectivity index (χ3v) is 4.35. The van der Waals surface area contributed by atoms with Gasteiger partial charge in [0.1, 0.15) is 18.1 Å². The van der Waals surface area contributed by atoms with E-state index in [1.807, 2.05) is 10.6 Å². The minimum atomic E-state index is -1.78. The molecule has 0 aromatic carbocycles. The Bertz CT molecular complexity index is 862. The Morgan fingerprint density at radius 3 is 1.57 bits per heavy atom. The van der Waals surface area contributed by atoms with Crippen molar-refractivity contribution in [3.63, 3.8) is 0 Å². The van der Waals surface area contributed by atoms with Crippen molar-refractivity contribution in [1.29, 1.82) is 0 Å². The van der Waals surface area contributed by atoms with Gasteiger partial charge in [0, 0.05) is 12.8 Å². The van der Waals surface area contributed by atoms with Gasteiger partial charge < -0.3 is 48.5 Å². The number of nitrogens with two attached hydrogens (primary N) is 3. The lowest BCUT2D eigenvalue weighted by molar-refractivity contribution is -0.144. The number of carbonyl (C=O) groups is 8. The molecular weight excluding hydrogens is 476 g/mol. The van der Waals surface area contributed by atoms with Crippen molar-refractivity contribution in [3.05, 3.63) is 0 Å². The van der Waals surface area contributed by atoms with Crippen LogP contribution >= 0.6 is 0 Å². The van der Waals surface area contributed by atoms with Crippen molar-refractivity contribution in [3.8, 4) is 0 Å². The Kier molecular flexibility index (Phi) is 13.0. The molecular formula is C18H28N6O11. The number of hydrogen-bond acceptors (Lipinski definition) is 9. The zero-order valence-electron chi connectivity index (χ0n) is 18.4. The molecule has 196 valence electrons. The summed E-state index contributed by atoms with van der Waals surface area (Å²) in [4.78, 5) is 92.5. The lowest BCUT2D eigenvalue weighted by Gasteiger charge is -2.24. The third-order valence-electron chi connectivity index (χ3n) is 4.35. The zero-order chi connectivity index (χ0) is 27.3. The first-order valence-corrected chi connectivity index (χ1v) is 10.0. The number of carboxylic acids is 3. The molecule has 35 heavy (non-hydrogen) atoms. The first-order valence-electron chi connectivity index (χ1n) is 10.0. The van der Waals surface area contributed by atoms with Gasteiger partial charge in [-0.1, -0.05) is 0 Å². The molecule has 17 heteroatoms. The van der Waals surface area contributed by atoms with Crippen molar-refractivity contribution >= 4 is 47.4 Å². The quantitative estimate of drug-likeness (QED) is 0.0902. The number of carboxylic acid groups (broad SMARTS) is 3. The molecule has 0 saturated heterocycles. The summed E-state index contributed by atoms with van der Waals surface area (Å²) in [5.74, 6) is -9.75. The lowest BCUT2D eigenvalue weighted by Crippen LogP contribution is -2.57. The Morgan fingerprint density at radius 1 is 0.600 bits per heavy atom. The summed E-state index contributed by atoms with van der Waals surface area (Å²) < 4.78 is 0. The van der Waals surface area contributed by atoms with Crippen LogP contribution in [-0.2, 0) is 38.4 Å². The SMILES string of the molecule is NC(=O)CCC(NC(=O)C(CC(=O)O)NC(=O)C(N)CCC(=O)O)C(=O)NC(CC(N)=O)C(=O)O. The molecule has 0 radical (unpaired) electrons. The molecule has 0 bridgehead atoms. The molecule has 0 heterocycles. The van der Waals surface area contributed by atoms with Crippen LogP contribution in [0.4, 0.5) is 0 Å². The van der Waals surface area contributed by atoms with E-state index in [1.165, 1.54) is 0 Å². The first-order chi connectivity index (χ1) is 16.1. The van der Waals surface area contributed by atoms with E-state index < -0.39 is 104 Å². The van der Waals surface area contributed by atoms with Crippen molar-refractivity contribution in [2.75, 3.05) is 0 Å². The van der Waals surface area contributed by atoms with Crippen LogP contribution < -0.4 is 33.2 Å². The molecule has 0 aliphatic rings. The molecule has 4 unspecified atom stereocenters. The maximum absolute atomic E-state index is 12.6. The van der Waals surface area contributed by atoms with E-state index in [4.69, 9.17) is 32.5 Å². The molecule has 0 fully saturated rings. The highest BCUT2D eigenvalue weighted by atomic mass is 16.4. The van der Waals surface area contributed by atoms with E-state index in [0.29, 0.717) is 0 Å². The van der Waals surface area contributed by atoms with Crippen LogP contribution in [0.1, 0.15) is 38.5 Å². The molecule has 0 spiro atoms. The van der Waals surface area contributed by atoms with Crippen molar-refractivity contribution in [1.82, 2.24) is 16.0 Å². The van der Waals surface area contributed by atoms with Crippen LogP contribution in [0, 0.1) is 0 Å². The van der Waals surface area contributed by atoms with Gasteiger partial charge in [0.25, 0.3) is 0 Å². The zero-order valence-corrected chi connectivity index (χ0v) is 18.4. The fourth-order valence-electron chi connectivity index (χ4n) is 2.57. The van der Waals surface area contributed by atoms with Gasteiger partial charge in [0.15, 0.2) is 0 Å². The van der Waals surface area contributed by atoms with Crippen molar-refractivity contribution in [2.45, 2.75) is 62.7 Å². The summed E-state index contributed by atoms with van der Waals surface area (Å²) in [5, 5.41) is 32.9. The first kappa shape index (κ1) is 30.7. The highest BCUT2D eigenvalue weighted by molar-refractivity contribution is 5.96. The van der Waals surface area contributed by atoms with Crippen molar-refractivity contribution in [2.24, 2.45) is 17.2 Å². The van der Waals surface area contributed by atoms with Crippen LogP contribution in [0.5, 0.6) is 0 Å². The maximum atomic E-state index is 12.6. The van der Waals surface area contributed by atoms with E-state index in [9.17, 15) is 38.4 Å². The normalized spacial score (nSPS) is 13.9. The molecule has 17 nitrogen and oxygen atoms in total. The minimum absolute atomic E-state index is 0.317. The molecule has 12 N–H and O–H groups in total. The highest BCUT2D eigenvalue weighted by Gasteiger charge is 2.32. The maximum Gasteiger partial charge on any atom is 0.326 e. The van der Waals surface area contributed by atoms with Gasteiger partial charge >= 0.3 is 17.9 Å². The Morgan fingerprint density at radius 2 is 1.11 bits per heavy atom. The second-order valence-corrected chi connectivity index (χ2v) is 7.33. The van der Waals surface area contributed by atoms with Crippen LogP contribution in [0.25, 0.3) is 0 Å². The van der Waals surface area contributed by atoms with Gasteiger partial charge in [-0.2, -0.15) is 0 Å². The summed E-state index contributed by atoms with van der Waals surface area (Å²) >= 11 is 0. The molecule has 0 aliphatic carbocycles. The molecule has 0 saturated carbocycles. The fourth-order valence-corrected chi connectivity index (χ4v) is 2.57. The third kappa shape index (κ3) is 13.1. The number of nitrogens with one attached hydrogen (secondary N) is 3. The van der Waals surface area contributed by atoms with Gasteiger partial charge in [-0.3, -0.25) is 33.6 Å². The van der Waals surface area contributed by atoms with Crippen LogP contribution in [0.15, 0.2) is 0 Å². The largest absolute Gasteiger partial charge is 0.481 e. The average molecular weight is 504 g/mol. The topological polar surface area (TPSA) is 311 Å². The molecule has 4 atom stereocenters. The van der Waals surface area contributed by atoms with E-state index >= 15 is 0 Å². The van der Waals surface area contributed by atoms with Crippen molar-refractivity contribution < 1.29 is 53.7 Å².